The number of rotatable bonds is 7. The van der Waals surface area contributed by atoms with E-state index in [1.807, 2.05) is 43.3 Å². The molecule has 7 heteroatoms. The number of aryl methyl sites for hydroxylation is 1. The van der Waals surface area contributed by atoms with Crippen LogP contribution in [0.3, 0.4) is 0 Å². The standard InChI is InChI=1S/C22H27NO6/c1-15-4-7-17(8-5-15)29-14-21(25)23-10-11-28-20(13-24)22(23)16-6-9-18(26-2)19(12-16)27-3/h4-9,12,20,22,24H,10-11,13-14H2,1-3H3/t20-,22-/m1/s1. The number of aliphatic hydroxyl groups excluding tert-OH is 1. The smallest absolute Gasteiger partial charge is 0.261 e. The first-order chi connectivity index (χ1) is 14.1. The molecule has 2 atom stereocenters. The van der Waals surface area contributed by atoms with E-state index in [0.29, 0.717) is 30.4 Å². The van der Waals surface area contributed by atoms with Gasteiger partial charge in [0, 0.05) is 6.54 Å². The van der Waals surface area contributed by atoms with Gasteiger partial charge in [-0.05, 0) is 36.8 Å². The zero-order valence-electron chi connectivity index (χ0n) is 17.0. The molecule has 2 aromatic rings. The van der Waals surface area contributed by atoms with Crippen LogP contribution >= 0.6 is 0 Å². The highest BCUT2D eigenvalue weighted by molar-refractivity contribution is 5.78. The second-order valence-electron chi connectivity index (χ2n) is 6.84. The maximum absolute atomic E-state index is 13.0. The van der Waals surface area contributed by atoms with Crippen molar-refractivity contribution in [2.24, 2.45) is 0 Å². The number of carbonyl (C=O) groups is 1. The molecule has 1 N–H and O–H groups in total. The third kappa shape index (κ3) is 4.81. The summed E-state index contributed by atoms with van der Waals surface area (Å²) in [5.74, 6) is 1.61. The van der Waals surface area contributed by atoms with Gasteiger partial charge in [-0.1, -0.05) is 23.8 Å². The first kappa shape index (κ1) is 21.0. The van der Waals surface area contributed by atoms with Gasteiger partial charge in [0.1, 0.15) is 11.9 Å². The van der Waals surface area contributed by atoms with Crippen LogP contribution in [0.25, 0.3) is 0 Å². The van der Waals surface area contributed by atoms with E-state index in [1.165, 1.54) is 0 Å². The van der Waals surface area contributed by atoms with E-state index in [4.69, 9.17) is 18.9 Å². The molecule has 0 radical (unpaired) electrons. The first-order valence-corrected chi connectivity index (χ1v) is 9.50. The van der Waals surface area contributed by atoms with Gasteiger partial charge in [0.2, 0.25) is 0 Å². The molecule has 156 valence electrons. The maximum atomic E-state index is 13.0. The summed E-state index contributed by atoms with van der Waals surface area (Å²) in [6.45, 7) is 2.45. The van der Waals surface area contributed by atoms with Crippen molar-refractivity contribution < 1.29 is 28.8 Å². The Morgan fingerprint density at radius 3 is 2.52 bits per heavy atom. The van der Waals surface area contributed by atoms with Gasteiger partial charge < -0.3 is 29.0 Å². The molecule has 1 fully saturated rings. The lowest BCUT2D eigenvalue weighted by molar-refractivity contribution is -0.152. The number of carbonyl (C=O) groups excluding carboxylic acids is 1. The summed E-state index contributed by atoms with van der Waals surface area (Å²) in [6.07, 6.45) is -0.537. The number of methoxy groups -OCH3 is 2. The number of amides is 1. The van der Waals surface area contributed by atoms with Crippen LogP contribution in [0.1, 0.15) is 17.2 Å². The van der Waals surface area contributed by atoms with Crippen molar-refractivity contribution in [3.63, 3.8) is 0 Å². The summed E-state index contributed by atoms with van der Waals surface area (Å²) < 4.78 is 22.1. The van der Waals surface area contributed by atoms with Crippen molar-refractivity contribution in [2.45, 2.75) is 19.1 Å². The molecule has 0 saturated carbocycles. The fourth-order valence-electron chi connectivity index (χ4n) is 3.46. The van der Waals surface area contributed by atoms with Crippen molar-refractivity contribution in [3.8, 4) is 17.2 Å². The molecule has 1 amide bonds. The molecule has 0 spiro atoms. The predicted molar refractivity (Wildman–Crippen MR) is 107 cm³/mol. The molecule has 29 heavy (non-hydrogen) atoms. The molecular formula is C22H27NO6. The molecule has 3 rings (SSSR count). The SMILES string of the molecule is COc1ccc([C@@H]2[C@@H](CO)OCCN2C(=O)COc2ccc(C)cc2)cc1OC. The number of nitrogens with zero attached hydrogens (tertiary/aromatic N) is 1. The normalized spacial score (nSPS) is 19.0. The highest BCUT2D eigenvalue weighted by Crippen LogP contribution is 2.35. The number of hydrogen-bond donors (Lipinski definition) is 1. The number of hydrogen-bond acceptors (Lipinski definition) is 6. The van der Waals surface area contributed by atoms with Crippen LogP contribution in [-0.2, 0) is 9.53 Å². The molecule has 2 aromatic carbocycles. The van der Waals surface area contributed by atoms with Gasteiger partial charge in [-0.3, -0.25) is 4.79 Å². The van der Waals surface area contributed by atoms with E-state index in [-0.39, 0.29) is 19.1 Å². The second kappa shape index (κ2) is 9.62. The van der Waals surface area contributed by atoms with Gasteiger partial charge in [0.15, 0.2) is 18.1 Å². The maximum Gasteiger partial charge on any atom is 0.261 e. The summed E-state index contributed by atoms with van der Waals surface area (Å²) in [6, 6.07) is 12.5. The zero-order valence-corrected chi connectivity index (χ0v) is 17.0. The minimum absolute atomic E-state index is 0.0923. The van der Waals surface area contributed by atoms with Crippen molar-refractivity contribution in [3.05, 3.63) is 53.6 Å². The van der Waals surface area contributed by atoms with Crippen molar-refractivity contribution in [1.29, 1.82) is 0 Å². The summed E-state index contributed by atoms with van der Waals surface area (Å²) in [7, 11) is 3.12. The number of morpholine rings is 1. The second-order valence-corrected chi connectivity index (χ2v) is 6.84. The largest absolute Gasteiger partial charge is 0.493 e. The molecule has 1 aliphatic rings. The number of aliphatic hydroxyl groups is 1. The van der Waals surface area contributed by atoms with Gasteiger partial charge in [-0.25, -0.2) is 0 Å². The van der Waals surface area contributed by atoms with Crippen LogP contribution < -0.4 is 14.2 Å². The highest BCUT2D eigenvalue weighted by Gasteiger charge is 2.36. The van der Waals surface area contributed by atoms with Crippen LogP contribution in [0.2, 0.25) is 0 Å². The lowest BCUT2D eigenvalue weighted by Crippen LogP contribution is -2.50. The number of benzene rings is 2. The average molecular weight is 401 g/mol. The van der Waals surface area contributed by atoms with E-state index in [2.05, 4.69) is 0 Å². The Morgan fingerprint density at radius 1 is 1.14 bits per heavy atom. The predicted octanol–water partition coefficient (Wildman–Crippen LogP) is 2.35. The molecule has 1 heterocycles. The van der Waals surface area contributed by atoms with Gasteiger partial charge in [-0.2, -0.15) is 0 Å². The summed E-state index contributed by atoms with van der Waals surface area (Å²) >= 11 is 0. The van der Waals surface area contributed by atoms with Crippen LogP contribution in [-0.4, -0.2) is 62.6 Å². The van der Waals surface area contributed by atoms with Gasteiger partial charge in [0.05, 0.1) is 33.5 Å². The summed E-state index contributed by atoms with van der Waals surface area (Å²) in [5.41, 5.74) is 1.92. The van der Waals surface area contributed by atoms with Crippen LogP contribution in [0, 0.1) is 6.92 Å². The van der Waals surface area contributed by atoms with Crippen molar-refractivity contribution >= 4 is 5.91 Å². The van der Waals surface area contributed by atoms with E-state index in [0.717, 1.165) is 11.1 Å². The fraction of sp³-hybridized carbons (Fsp3) is 0.409. The van der Waals surface area contributed by atoms with Crippen molar-refractivity contribution in [2.75, 3.05) is 40.6 Å². The van der Waals surface area contributed by atoms with Gasteiger partial charge in [-0.15, -0.1) is 0 Å². The Morgan fingerprint density at radius 2 is 1.86 bits per heavy atom. The lowest BCUT2D eigenvalue weighted by Gasteiger charge is -2.41. The third-order valence-electron chi connectivity index (χ3n) is 4.98. The van der Waals surface area contributed by atoms with Gasteiger partial charge in [0.25, 0.3) is 5.91 Å². The third-order valence-corrected chi connectivity index (χ3v) is 4.98. The summed E-state index contributed by atoms with van der Waals surface area (Å²) in [4.78, 5) is 14.7. The van der Waals surface area contributed by atoms with Crippen LogP contribution in [0.4, 0.5) is 0 Å². The Labute approximate surface area is 170 Å². The molecular weight excluding hydrogens is 374 g/mol. The Hall–Kier alpha value is -2.77. The molecule has 0 aliphatic carbocycles. The number of ether oxygens (including phenoxy) is 4. The van der Waals surface area contributed by atoms with E-state index < -0.39 is 12.1 Å². The Balaban J connectivity index is 1.81. The van der Waals surface area contributed by atoms with Gasteiger partial charge >= 0.3 is 0 Å². The first-order valence-electron chi connectivity index (χ1n) is 9.50. The van der Waals surface area contributed by atoms with Crippen LogP contribution in [0.15, 0.2) is 42.5 Å². The molecule has 0 aromatic heterocycles. The van der Waals surface area contributed by atoms with E-state index in [1.54, 1.807) is 25.2 Å². The lowest BCUT2D eigenvalue weighted by atomic mass is 9.97. The van der Waals surface area contributed by atoms with Crippen molar-refractivity contribution in [1.82, 2.24) is 4.90 Å². The minimum Gasteiger partial charge on any atom is -0.493 e. The zero-order chi connectivity index (χ0) is 20.8. The molecule has 0 bridgehead atoms. The molecule has 0 unspecified atom stereocenters. The average Bonchev–Trinajstić information content (AvgIpc) is 2.77. The highest BCUT2D eigenvalue weighted by atomic mass is 16.5. The monoisotopic (exact) mass is 401 g/mol. The Kier molecular flexibility index (Phi) is 6.95. The summed E-state index contributed by atoms with van der Waals surface area (Å²) in [5, 5.41) is 9.83. The Bertz CT molecular complexity index is 823. The van der Waals surface area contributed by atoms with E-state index >= 15 is 0 Å². The topological polar surface area (TPSA) is 77.5 Å². The van der Waals surface area contributed by atoms with E-state index in [9.17, 15) is 9.90 Å². The molecule has 1 saturated heterocycles. The molecule has 7 nitrogen and oxygen atoms in total. The minimum atomic E-state index is -0.537. The quantitative estimate of drug-likeness (QED) is 0.768. The molecule has 1 aliphatic heterocycles. The fourth-order valence-corrected chi connectivity index (χ4v) is 3.46. The van der Waals surface area contributed by atoms with Crippen LogP contribution in [0.5, 0.6) is 17.2 Å².